The molecule has 0 aliphatic carbocycles. The summed E-state index contributed by atoms with van der Waals surface area (Å²) in [6, 6.07) is 15.4. The summed E-state index contributed by atoms with van der Waals surface area (Å²) >= 11 is 0. The van der Waals surface area contributed by atoms with E-state index in [9.17, 15) is 5.11 Å². The predicted molar refractivity (Wildman–Crippen MR) is 141 cm³/mol. The highest BCUT2D eigenvalue weighted by molar-refractivity contribution is 14.0. The molecule has 0 saturated carbocycles. The fourth-order valence-corrected chi connectivity index (χ4v) is 3.31. The first-order chi connectivity index (χ1) is 15.5. The van der Waals surface area contributed by atoms with E-state index in [1.54, 1.807) is 26.4 Å². The van der Waals surface area contributed by atoms with Gasteiger partial charge in [0.1, 0.15) is 5.82 Å². The molecule has 0 fully saturated rings. The van der Waals surface area contributed by atoms with Gasteiger partial charge in [0.2, 0.25) is 0 Å². The van der Waals surface area contributed by atoms with Crippen molar-refractivity contribution < 1.29 is 14.6 Å². The molecular formula is C24H32IN5O3. The lowest BCUT2D eigenvalue weighted by atomic mass is 10.1. The van der Waals surface area contributed by atoms with Crippen molar-refractivity contribution in [2.24, 2.45) is 4.99 Å². The summed E-state index contributed by atoms with van der Waals surface area (Å²) in [5.41, 5.74) is 2.77. The van der Waals surface area contributed by atoms with E-state index in [0.717, 1.165) is 17.1 Å². The van der Waals surface area contributed by atoms with Crippen LogP contribution in [0.1, 0.15) is 24.4 Å². The van der Waals surface area contributed by atoms with E-state index in [1.807, 2.05) is 61.5 Å². The number of nitrogens with zero attached hydrogens (tertiary/aromatic N) is 3. The van der Waals surface area contributed by atoms with Crippen molar-refractivity contribution in [1.82, 2.24) is 20.2 Å². The highest BCUT2D eigenvalue weighted by Crippen LogP contribution is 2.30. The van der Waals surface area contributed by atoms with Crippen LogP contribution in [-0.2, 0) is 6.54 Å². The van der Waals surface area contributed by atoms with Crippen molar-refractivity contribution in [2.75, 3.05) is 34.4 Å². The van der Waals surface area contributed by atoms with E-state index in [0.29, 0.717) is 36.1 Å². The number of halogens is 1. The van der Waals surface area contributed by atoms with Crippen molar-refractivity contribution >= 4 is 29.9 Å². The number of ether oxygens (including phenoxy) is 2. The van der Waals surface area contributed by atoms with Gasteiger partial charge in [-0.15, -0.1) is 24.0 Å². The molecule has 0 amide bonds. The number of aromatic nitrogens is 2. The zero-order valence-corrected chi connectivity index (χ0v) is 21.7. The average Bonchev–Trinajstić information content (AvgIpc) is 3.30. The number of H-pyrrole nitrogens is 1. The third-order valence-electron chi connectivity index (χ3n) is 5.00. The maximum absolute atomic E-state index is 10.7. The molecule has 178 valence electrons. The summed E-state index contributed by atoms with van der Waals surface area (Å²) in [4.78, 5) is 14.4. The summed E-state index contributed by atoms with van der Waals surface area (Å²) in [7, 11) is 5.09. The van der Waals surface area contributed by atoms with Crippen molar-refractivity contribution in [3.8, 4) is 22.8 Å². The van der Waals surface area contributed by atoms with E-state index in [1.165, 1.54) is 0 Å². The van der Waals surface area contributed by atoms with Crippen LogP contribution in [0.2, 0.25) is 0 Å². The number of aliphatic imine (C=N–C) groups is 1. The second kappa shape index (κ2) is 13.0. The standard InChI is InChI=1S/C24H31N5O3.HI/c1-5-25-24(27-15-20(30)18-11-12-21(31-3)22(13-18)32-4)29(2)16-23-26-14-19(28-23)17-9-7-6-8-10-17;/h6-14,20,30H,5,15-16H2,1-4H3,(H,25,27)(H,26,28);1H. The molecule has 0 aliphatic rings. The number of nitrogens with one attached hydrogen (secondary N) is 2. The van der Waals surface area contributed by atoms with Gasteiger partial charge in [0.05, 0.1) is 45.3 Å². The molecule has 3 N–H and O–H groups in total. The Bertz CT molecular complexity index is 1030. The van der Waals surface area contributed by atoms with E-state index in [-0.39, 0.29) is 30.5 Å². The SMILES string of the molecule is CCNC(=NCC(O)c1ccc(OC)c(OC)c1)N(C)Cc1ncc(-c2ccccc2)[nH]1.I. The molecule has 0 radical (unpaired) electrons. The Morgan fingerprint density at radius 1 is 1.15 bits per heavy atom. The van der Waals surface area contributed by atoms with Crippen molar-refractivity contribution in [3.63, 3.8) is 0 Å². The Morgan fingerprint density at radius 2 is 1.88 bits per heavy atom. The van der Waals surface area contributed by atoms with Gasteiger partial charge in [-0.05, 0) is 30.2 Å². The van der Waals surface area contributed by atoms with Gasteiger partial charge < -0.3 is 29.8 Å². The minimum absolute atomic E-state index is 0. The van der Waals surface area contributed by atoms with Gasteiger partial charge in [-0.1, -0.05) is 36.4 Å². The van der Waals surface area contributed by atoms with Crippen LogP contribution < -0.4 is 14.8 Å². The lowest BCUT2D eigenvalue weighted by Crippen LogP contribution is -2.39. The second-order valence-electron chi connectivity index (χ2n) is 7.29. The number of hydrogen-bond acceptors (Lipinski definition) is 5. The van der Waals surface area contributed by atoms with E-state index < -0.39 is 6.10 Å². The zero-order chi connectivity index (χ0) is 22.9. The van der Waals surface area contributed by atoms with Crippen LogP contribution in [0.5, 0.6) is 11.5 Å². The minimum Gasteiger partial charge on any atom is -0.493 e. The second-order valence-corrected chi connectivity index (χ2v) is 7.29. The molecular weight excluding hydrogens is 533 g/mol. The average molecular weight is 565 g/mol. The highest BCUT2D eigenvalue weighted by atomic mass is 127. The van der Waals surface area contributed by atoms with Gasteiger partial charge in [0.15, 0.2) is 17.5 Å². The molecule has 0 aliphatic heterocycles. The van der Waals surface area contributed by atoms with Crippen molar-refractivity contribution in [2.45, 2.75) is 19.6 Å². The molecule has 1 atom stereocenters. The molecule has 0 spiro atoms. The number of imidazole rings is 1. The third kappa shape index (κ3) is 7.10. The normalized spacial score (nSPS) is 12.0. The van der Waals surface area contributed by atoms with Crippen LogP contribution in [0.3, 0.4) is 0 Å². The summed E-state index contributed by atoms with van der Waals surface area (Å²) in [6.07, 6.45) is 1.06. The molecule has 3 aromatic rings. The maximum atomic E-state index is 10.7. The maximum Gasteiger partial charge on any atom is 0.194 e. The largest absolute Gasteiger partial charge is 0.493 e. The third-order valence-corrected chi connectivity index (χ3v) is 5.00. The number of methoxy groups -OCH3 is 2. The number of guanidine groups is 1. The molecule has 8 nitrogen and oxygen atoms in total. The smallest absolute Gasteiger partial charge is 0.194 e. The van der Waals surface area contributed by atoms with Gasteiger partial charge in [0, 0.05) is 13.6 Å². The van der Waals surface area contributed by atoms with Gasteiger partial charge >= 0.3 is 0 Å². The summed E-state index contributed by atoms with van der Waals surface area (Å²) < 4.78 is 10.6. The molecule has 3 rings (SSSR count). The number of rotatable bonds is 9. The monoisotopic (exact) mass is 565 g/mol. The molecule has 0 saturated heterocycles. The molecule has 2 aromatic carbocycles. The van der Waals surface area contributed by atoms with Crippen LogP contribution >= 0.6 is 24.0 Å². The number of hydrogen-bond donors (Lipinski definition) is 3. The fraction of sp³-hybridized carbons (Fsp3) is 0.333. The van der Waals surface area contributed by atoms with Gasteiger partial charge in [-0.25, -0.2) is 4.98 Å². The first-order valence-electron chi connectivity index (χ1n) is 10.5. The lowest BCUT2D eigenvalue weighted by Gasteiger charge is -2.21. The Balaban J connectivity index is 0.00000385. The fourth-order valence-electron chi connectivity index (χ4n) is 3.31. The zero-order valence-electron chi connectivity index (χ0n) is 19.4. The van der Waals surface area contributed by atoms with Gasteiger partial charge in [-0.2, -0.15) is 0 Å². The Labute approximate surface area is 212 Å². The van der Waals surface area contributed by atoms with Crippen LogP contribution in [-0.4, -0.2) is 60.3 Å². The number of aliphatic hydroxyl groups is 1. The lowest BCUT2D eigenvalue weighted by molar-refractivity contribution is 0.186. The van der Waals surface area contributed by atoms with Crippen LogP contribution in [0.25, 0.3) is 11.3 Å². The Hall–Kier alpha value is -2.79. The molecule has 1 aromatic heterocycles. The van der Waals surface area contributed by atoms with Gasteiger partial charge in [0.25, 0.3) is 0 Å². The van der Waals surface area contributed by atoms with Crippen molar-refractivity contribution in [1.29, 1.82) is 0 Å². The topological polar surface area (TPSA) is 95.0 Å². The summed E-state index contributed by atoms with van der Waals surface area (Å²) in [5, 5.41) is 13.9. The number of aromatic amines is 1. The molecule has 1 heterocycles. The van der Waals surface area contributed by atoms with Crippen LogP contribution in [0.4, 0.5) is 0 Å². The van der Waals surface area contributed by atoms with E-state index in [4.69, 9.17) is 9.47 Å². The molecule has 1 unspecified atom stereocenters. The molecule has 0 bridgehead atoms. The summed E-state index contributed by atoms with van der Waals surface area (Å²) in [6.45, 7) is 3.47. The number of aliphatic hydroxyl groups excluding tert-OH is 1. The van der Waals surface area contributed by atoms with Crippen molar-refractivity contribution in [3.05, 3.63) is 66.1 Å². The summed E-state index contributed by atoms with van der Waals surface area (Å²) in [5.74, 6) is 2.71. The first kappa shape index (κ1) is 26.5. The number of benzene rings is 2. The van der Waals surface area contributed by atoms with E-state index >= 15 is 0 Å². The quantitative estimate of drug-likeness (QED) is 0.208. The highest BCUT2D eigenvalue weighted by Gasteiger charge is 2.14. The first-order valence-corrected chi connectivity index (χ1v) is 10.5. The molecule has 9 heteroatoms. The van der Waals surface area contributed by atoms with Crippen LogP contribution in [0, 0.1) is 0 Å². The van der Waals surface area contributed by atoms with Crippen LogP contribution in [0.15, 0.2) is 59.7 Å². The minimum atomic E-state index is -0.773. The Morgan fingerprint density at radius 3 is 2.55 bits per heavy atom. The predicted octanol–water partition coefficient (Wildman–Crippen LogP) is 3.84. The molecule has 33 heavy (non-hydrogen) atoms. The van der Waals surface area contributed by atoms with Gasteiger partial charge in [-0.3, -0.25) is 4.99 Å². The van der Waals surface area contributed by atoms with E-state index in [2.05, 4.69) is 20.3 Å². The Kier molecular flexibility index (Phi) is 10.5.